The molecule has 0 bridgehead atoms. The highest BCUT2D eigenvalue weighted by atomic mass is 14.7. The van der Waals surface area contributed by atoms with Gasteiger partial charge in [0.25, 0.3) is 0 Å². The fourth-order valence-electron chi connectivity index (χ4n) is 1.10. The molecule has 1 N–H and O–H groups in total. The highest BCUT2D eigenvalue weighted by Crippen LogP contribution is 2.13. The summed E-state index contributed by atoms with van der Waals surface area (Å²) in [5, 5.41) is 1.21. The third kappa shape index (κ3) is 1.47. The van der Waals surface area contributed by atoms with Crippen molar-refractivity contribution in [2.24, 2.45) is 0 Å². The Labute approximate surface area is 72.6 Å². The lowest BCUT2D eigenvalue weighted by Crippen LogP contribution is -1.70. The van der Waals surface area contributed by atoms with E-state index in [2.05, 4.69) is 16.9 Å². The van der Waals surface area contributed by atoms with Crippen molar-refractivity contribution in [1.29, 1.82) is 0 Å². The number of pyridine rings is 1. The van der Waals surface area contributed by atoms with Crippen LogP contribution in [-0.2, 0) is 0 Å². The van der Waals surface area contributed by atoms with Gasteiger partial charge >= 0.3 is 0 Å². The molecule has 2 nitrogen and oxygen atoms in total. The summed E-state index contributed by atoms with van der Waals surface area (Å²) in [5.74, 6) is 0. The number of aromatic nitrogens is 2. The van der Waals surface area contributed by atoms with E-state index in [0.29, 0.717) is 0 Å². The standard InChI is InChI=1S/C8H8N2.C2H6/c1-6-4-10-8-2-3-9-5-7(6)8;1-2/h2-5,10H,1H3;1-2H3. The highest BCUT2D eigenvalue weighted by Gasteiger charge is 1.95. The molecule has 12 heavy (non-hydrogen) atoms. The Balaban J connectivity index is 0.000000336. The summed E-state index contributed by atoms with van der Waals surface area (Å²) in [5.41, 5.74) is 2.41. The second-order valence-corrected chi connectivity index (χ2v) is 2.39. The smallest absolute Gasteiger partial charge is 0.0487 e. The van der Waals surface area contributed by atoms with Gasteiger partial charge in [0.1, 0.15) is 0 Å². The minimum Gasteiger partial charge on any atom is -0.361 e. The minimum absolute atomic E-state index is 1.16. The quantitative estimate of drug-likeness (QED) is 0.634. The van der Waals surface area contributed by atoms with Gasteiger partial charge in [-0.25, -0.2) is 0 Å². The number of aryl methyl sites for hydroxylation is 1. The van der Waals surface area contributed by atoms with Crippen molar-refractivity contribution in [3.05, 3.63) is 30.2 Å². The Morgan fingerprint density at radius 2 is 2.08 bits per heavy atom. The fraction of sp³-hybridized carbons (Fsp3) is 0.300. The Kier molecular flexibility index (Phi) is 2.86. The Morgan fingerprint density at radius 3 is 2.75 bits per heavy atom. The summed E-state index contributed by atoms with van der Waals surface area (Å²) in [6, 6.07) is 1.97. The molecular formula is C10H14N2. The van der Waals surface area contributed by atoms with E-state index >= 15 is 0 Å². The summed E-state index contributed by atoms with van der Waals surface area (Å²) >= 11 is 0. The van der Waals surface area contributed by atoms with Crippen molar-refractivity contribution in [2.45, 2.75) is 20.8 Å². The van der Waals surface area contributed by atoms with Gasteiger partial charge in [-0.3, -0.25) is 4.98 Å². The van der Waals surface area contributed by atoms with Gasteiger partial charge in [-0.2, -0.15) is 0 Å². The molecular weight excluding hydrogens is 148 g/mol. The molecule has 0 aliphatic carbocycles. The van der Waals surface area contributed by atoms with E-state index in [9.17, 15) is 0 Å². The van der Waals surface area contributed by atoms with Crippen LogP contribution in [0.2, 0.25) is 0 Å². The van der Waals surface area contributed by atoms with Gasteiger partial charge in [-0.1, -0.05) is 13.8 Å². The predicted octanol–water partition coefficient (Wildman–Crippen LogP) is 2.90. The van der Waals surface area contributed by atoms with Crippen molar-refractivity contribution in [3.63, 3.8) is 0 Å². The van der Waals surface area contributed by atoms with E-state index in [0.717, 1.165) is 5.52 Å². The highest BCUT2D eigenvalue weighted by molar-refractivity contribution is 5.81. The maximum atomic E-state index is 4.03. The van der Waals surface area contributed by atoms with E-state index in [1.54, 1.807) is 6.20 Å². The number of nitrogens with zero attached hydrogens (tertiary/aromatic N) is 1. The van der Waals surface area contributed by atoms with Crippen LogP contribution in [0, 0.1) is 6.92 Å². The van der Waals surface area contributed by atoms with Crippen LogP contribution < -0.4 is 0 Å². The van der Waals surface area contributed by atoms with Crippen molar-refractivity contribution < 1.29 is 0 Å². The minimum atomic E-state index is 1.16. The van der Waals surface area contributed by atoms with Crippen LogP contribution >= 0.6 is 0 Å². The first-order chi connectivity index (χ1) is 5.88. The molecule has 0 aliphatic heterocycles. The molecule has 2 aromatic rings. The van der Waals surface area contributed by atoms with Gasteiger partial charge in [0, 0.05) is 29.5 Å². The van der Waals surface area contributed by atoms with E-state index < -0.39 is 0 Å². The fourth-order valence-corrected chi connectivity index (χ4v) is 1.10. The molecule has 0 amide bonds. The van der Waals surface area contributed by atoms with Gasteiger partial charge in [0.15, 0.2) is 0 Å². The SMILES string of the molecule is CC.Cc1c[nH]c2ccncc12. The van der Waals surface area contributed by atoms with Gasteiger partial charge < -0.3 is 4.98 Å². The summed E-state index contributed by atoms with van der Waals surface area (Å²) in [7, 11) is 0. The van der Waals surface area contributed by atoms with Crippen LogP contribution in [0.1, 0.15) is 19.4 Å². The molecule has 0 spiro atoms. The molecule has 64 valence electrons. The second kappa shape index (κ2) is 3.90. The van der Waals surface area contributed by atoms with E-state index in [-0.39, 0.29) is 0 Å². The number of nitrogens with one attached hydrogen (secondary N) is 1. The van der Waals surface area contributed by atoms with Gasteiger partial charge in [-0.05, 0) is 18.6 Å². The molecule has 0 aliphatic rings. The van der Waals surface area contributed by atoms with Crippen LogP contribution in [0.3, 0.4) is 0 Å². The summed E-state index contributed by atoms with van der Waals surface area (Å²) in [6.45, 7) is 6.07. The van der Waals surface area contributed by atoms with E-state index in [4.69, 9.17) is 0 Å². The first-order valence-electron chi connectivity index (χ1n) is 4.25. The Bertz CT molecular complexity index is 349. The third-order valence-electron chi connectivity index (χ3n) is 1.69. The van der Waals surface area contributed by atoms with Crippen LogP contribution in [0.5, 0.6) is 0 Å². The second-order valence-electron chi connectivity index (χ2n) is 2.39. The largest absolute Gasteiger partial charge is 0.361 e. The lowest BCUT2D eigenvalue weighted by molar-refractivity contribution is 1.35. The van der Waals surface area contributed by atoms with Crippen molar-refractivity contribution in [2.75, 3.05) is 0 Å². The molecule has 2 aromatic heterocycles. The lowest BCUT2D eigenvalue weighted by atomic mass is 10.2. The molecule has 2 heteroatoms. The van der Waals surface area contributed by atoms with Gasteiger partial charge in [0.05, 0.1) is 0 Å². The molecule has 0 saturated carbocycles. The molecule has 2 rings (SSSR count). The molecule has 2 heterocycles. The van der Waals surface area contributed by atoms with Crippen LogP contribution in [0.4, 0.5) is 0 Å². The van der Waals surface area contributed by atoms with Crippen molar-refractivity contribution in [3.8, 4) is 0 Å². The summed E-state index contributed by atoms with van der Waals surface area (Å²) in [4.78, 5) is 7.17. The number of rotatable bonds is 0. The first-order valence-corrected chi connectivity index (χ1v) is 4.25. The van der Waals surface area contributed by atoms with Crippen molar-refractivity contribution >= 4 is 10.9 Å². The molecule has 0 radical (unpaired) electrons. The molecule has 0 saturated heterocycles. The monoisotopic (exact) mass is 162 g/mol. The molecule has 0 aromatic carbocycles. The van der Waals surface area contributed by atoms with Crippen LogP contribution in [0.15, 0.2) is 24.7 Å². The number of H-pyrrole nitrogens is 1. The normalized spacial score (nSPS) is 9.25. The van der Waals surface area contributed by atoms with Crippen molar-refractivity contribution in [1.82, 2.24) is 9.97 Å². The zero-order chi connectivity index (χ0) is 8.97. The van der Waals surface area contributed by atoms with E-state index in [1.165, 1.54) is 10.9 Å². The Morgan fingerprint density at radius 1 is 1.33 bits per heavy atom. The van der Waals surface area contributed by atoms with Crippen LogP contribution in [0.25, 0.3) is 10.9 Å². The van der Waals surface area contributed by atoms with Gasteiger partial charge in [-0.15, -0.1) is 0 Å². The number of fused-ring (bicyclic) bond motifs is 1. The maximum absolute atomic E-state index is 4.03. The molecule has 0 atom stereocenters. The van der Waals surface area contributed by atoms with E-state index in [1.807, 2.05) is 32.3 Å². The average molecular weight is 162 g/mol. The zero-order valence-electron chi connectivity index (χ0n) is 7.76. The lowest BCUT2D eigenvalue weighted by Gasteiger charge is -1.86. The topological polar surface area (TPSA) is 28.7 Å². The molecule has 0 fully saturated rings. The third-order valence-corrected chi connectivity index (χ3v) is 1.69. The molecule has 0 unspecified atom stereocenters. The number of hydrogen-bond donors (Lipinski definition) is 1. The van der Waals surface area contributed by atoms with Crippen LogP contribution in [-0.4, -0.2) is 9.97 Å². The number of aromatic amines is 1. The average Bonchev–Trinajstić information content (AvgIpc) is 2.53. The first kappa shape index (κ1) is 8.78. The zero-order valence-corrected chi connectivity index (χ0v) is 7.76. The summed E-state index contributed by atoms with van der Waals surface area (Å²) in [6.07, 6.45) is 5.66. The maximum Gasteiger partial charge on any atom is 0.0487 e. The summed E-state index contributed by atoms with van der Waals surface area (Å²) < 4.78 is 0. The van der Waals surface area contributed by atoms with Gasteiger partial charge in [0.2, 0.25) is 0 Å². The Hall–Kier alpha value is -1.31. The number of hydrogen-bond acceptors (Lipinski definition) is 1. The predicted molar refractivity (Wildman–Crippen MR) is 52.2 cm³/mol.